The van der Waals surface area contributed by atoms with Crippen molar-refractivity contribution in [3.8, 4) is 0 Å². The molecule has 1 aliphatic rings. The summed E-state index contributed by atoms with van der Waals surface area (Å²) in [5.41, 5.74) is 5.52. The molecule has 2 N–H and O–H groups in total. The highest BCUT2D eigenvalue weighted by molar-refractivity contribution is 5.76. The number of nitrogens with zero attached hydrogens (tertiary/aromatic N) is 1. The zero-order valence-electron chi connectivity index (χ0n) is 7.75. The molecule has 1 saturated heterocycles. The van der Waals surface area contributed by atoms with E-state index in [1.807, 2.05) is 11.8 Å². The van der Waals surface area contributed by atoms with E-state index in [1.54, 1.807) is 0 Å². The highest BCUT2D eigenvalue weighted by Crippen LogP contribution is 2.13. The largest absolute Gasteiger partial charge is 0.339 e. The second kappa shape index (κ2) is 4.45. The van der Waals surface area contributed by atoms with Crippen molar-refractivity contribution in [3.05, 3.63) is 0 Å². The molecule has 1 fully saturated rings. The molecule has 0 saturated carbocycles. The lowest BCUT2D eigenvalue weighted by Gasteiger charge is -2.26. The summed E-state index contributed by atoms with van der Waals surface area (Å²) in [5, 5.41) is 0. The fourth-order valence-electron chi connectivity index (χ4n) is 1.60. The minimum absolute atomic E-state index is 0.218. The number of hydrogen-bond donors (Lipinski definition) is 1. The quantitative estimate of drug-likeness (QED) is 0.664. The lowest BCUT2D eigenvalue weighted by Crippen LogP contribution is -2.42. The van der Waals surface area contributed by atoms with Crippen molar-refractivity contribution < 1.29 is 4.79 Å². The maximum absolute atomic E-state index is 11.5. The number of carbonyl (C=O) groups is 1. The van der Waals surface area contributed by atoms with Gasteiger partial charge in [0.25, 0.3) is 0 Å². The monoisotopic (exact) mass is 170 g/mol. The minimum Gasteiger partial charge on any atom is -0.339 e. The van der Waals surface area contributed by atoms with E-state index in [0.717, 1.165) is 19.4 Å². The van der Waals surface area contributed by atoms with Crippen LogP contribution in [0.15, 0.2) is 0 Å². The first-order valence-corrected chi connectivity index (χ1v) is 4.75. The Morgan fingerprint density at radius 1 is 1.50 bits per heavy atom. The summed E-state index contributed by atoms with van der Waals surface area (Å²) in [6.45, 7) is 3.49. The van der Waals surface area contributed by atoms with Gasteiger partial charge in [-0.3, -0.25) is 4.79 Å². The van der Waals surface area contributed by atoms with Crippen LogP contribution in [0.25, 0.3) is 0 Å². The van der Waals surface area contributed by atoms with Crippen LogP contribution in [-0.2, 0) is 4.79 Å². The number of nitrogens with two attached hydrogens (primary N) is 1. The van der Waals surface area contributed by atoms with Crippen molar-refractivity contribution in [2.75, 3.05) is 13.1 Å². The fraction of sp³-hybridized carbons (Fsp3) is 0.889. The van der Waals surface area contributed by atoms with Crippen molar-refractivity contribution in [3.63, 3.8) is 0 Å². The number of likely N-dealkylation sites (tertiary alicyclic amines) is 1. The molecule has 0 aromatic carbocycles. The maximum Gasteiger partial charge on any atom is 0.222 e. The Hall–Kier alpha value is -0.570. The minimum atomic E-state index is 0.218. The average Bonchev–Trinajstić information content (AvgIpc) is 2.28. The van der Waals surface area contributed by atoms with Crippen LogP contribution >= 0.6 is 0 Å². The van der Waals surface area contributed by atoms with Crippen molar-refractivity contribution in [1.29, 1.82) is 0 Å². The molecule has 1 amide bonds. The standard InChI is InChI=1S/C9H18N2O/c1-8(7-10)11-6-4-2-3-5-9(11)12/h8H,2-7,10H2,1H3. The molecular formula is C9H18N2O. The third-order valence-corrected chi connectivity index (χ3v) is 2.48. The number of carbonyl (C=O) groups excluding carboxylic acids is 1. The van der Waals surface area contributed by atoms with Crippen molar-refractivity contribution in [2.45, 2.75) is 38.6 Å². The molecule has 1 heterocycles. The average molecular weight is 170 g/mol. The Morgan fingerprint density at radius 2 is 2.25 bits per heavy atom. The van der Waals surface area contributed by atoms with Crippen LogP contribution in [0.1, 0.15) is 32.6 Å². The van der Waals surface area contributed by atoms with E-state index in [1.165, 1.54) is 6.42 Å². The van der Waals surface area contributed by atoms with Gasteiger partial charge in [-0.1, -0.05) is 6.42 Å². The summed E-state index contributed by atoms with van der Waals surface area (Å²) in [5.74, 6) is 0.283. The SMILES string of the molecule is CC(CN)N1CCCCCC1=O. The van der Waals surface area contributed by atoms with Crippen molar-refractivity contribution in [1.82, 2.24) is 4.90 Å². The Labute approximate surface area is 73.9 Å². The summed E-state index contributed by atoms with van der Waals surface area (Å²) in [7, 11) is 0. The predicted octanol–water partition coefficient (Wildman–Crippen LogP) is 0.736. The van der Waals surface area contributed by atoms with Crippen LogP contribution < -0.4 is 5.73 Å². The Morgan fingerprint density at radius 3 is 2.92 bits per heavy atom. The second-order valence-electron chi connectivity index (χ2n) is 3.48. The fourth-order valence-corrected chi connectivity index (χ4v) is 1.60. The van der Waals surface area contributed by atoms with Gasteiger partial charge in [0, 0.05) is 25.6 Å². The van der Waals surface area contributed by atoms with Gasteiger partial charge in [-0.05, 0) is 19.8 Å². The molecule has 0 bridgehead atoms. The molecule has 0 aromatic heterocycles. The third-order valence-electron chi connectivity index (χ3n) is 2.48. The molecule has 0 aliphatic carbocycles. The summed E-state index contributed by atoms with van der Waals surface area (Å²) in [4.78, 5) is 13.4. The molecule has 12 heavy (non-hydrogen) atoms. The van der Waals surface area contributed by atoms with Gasteiger partial charge in [-0.25, -0.2) is 0 Å². The zero-order chi connectivity index (χ0) is 8.97. The van der Waals surface area contributed by atoms with Crippen molar-refractivity contribution >= 4 is 5.91 Å². The smallest absolute Gasteiger partial charge is 0.222 e. The number of hydrogen-bond acceptors (Lipinski definition) is 2. The Kier molecular flexibility index (Phi) is 3.53. The third kappa shape index (κ3) is 2.21. The Balaban J connectivity index is 2.52. The van der Waals surface area contributed by atoms with Gasteiger partial charge < -0.3 is 10.6 Å². The van der Waals surface area contributed by atoms with E-state index >= 15 is 0 Å². The van der Waals surface area contributed by atoms with E-state index in [9.17, 15) is 4.79 Å². The maximum atomic E-state index is 11.5. The molecule has 1 rings (SSSR count). The van der Waals surface area contributed by atoms with Gasteiger partial charge in [0.05, 0.1) is 0 Å². The first-order chi connectivity index (χ1) is 5.75. The molecule has 3 nitrogen and oxygen atoms in total. The predicted molar refractivity (Wildman–Crippen MR) is 48.7 cm³/mol. The topological polar surface area (TPSA) is 46.3 Å². The van der Waals surface area contributed by atoms with Gasteiger partial charge >= 0.3 is 0 Å². The lowest BCUT2D eigenvalue weighted by molar-refractivity contribution is -0.132. The molecule has 0 aromatic rings. The summed E-state index contributed by atoms with van der Waals surface area (Å²) >= 11 is 0. The second-order valence-corrected chi connectivity index (χ2v) is 3.48. The van der Waals surface area contributed by atoms with Gasteiger partial charge in [0.1, 0.15) is 0 Å². The molecule has 70 valence electrons. The normalized spacial score (nSPS) is 22.2. The molecule has 0 radical (unpaired) electrons. The molecule has 1 atom stereocenters. The van der Waals surface area contributed by atoms with Crippen LogP contribution in [0.3, 0.4) is 0 Å². The first kappa shape index (κ1) is 9.52. The van der Waals surface area contributed by atoms with Crippen LogP contribution in [0.2, 0.25) is 0 Å². The van der Waals surface area contributed by atoms with Crippen LogP contribution in [0, 0.1) is 0 Å². The summed E-state index contributed by atoms with van der Waals surface area (Å²) in [6.07, 6.45) is 4.08. The molecular weight excluding hydrogens is 152 g/mol. The zero-order valence-corrected chi connectivity index (χ0v) is 7.75. The molecule has 3 heteroatoms. The number of rotatable bonds is 2. The van der Waals surface area contributed by atoms with Gasteiger partial charge in [-0.15, -0.1) is 0 Å². The van der Waals surface area contributed by atoms with E-state index in [0.29, 0.717) is 13.0 Å². The van der Waals surface area contributed by atoms with Crippen molar-refractivity contribution in [2.24, 2.45) is 5.73 Å². The van der Waals surface area contributed by atoms with Crippen LogP contribution in [0.5, 0.6) is 0 Å². The van der Waals surface area contributed by atoms with Gasteiger partial charge in [0.2, 0.25) is 5.91 Å². The summed E-state index contributed by atoms with van der Waals surface area (Å²) < 4.78 is 0. The van der Waals surface area contributed by atoms with Gasteiger partial charge in [0.15, 0.2) is 0 Å². The van der Waals surface area contributed by atoms with Crippen LogP contribution in [-0.4, -0.2) is 29.9 Å². The molecule has 1 aliphatic heterocycles. The first-order valence-electron chi connectivity index (χ1n) is 4.75. The molecule has 0 spiro atoms. The van der Waals surface area contributed by atoms with E-state index in [2.05, 4.69) is 0 Å². The lowest BCUT2D eigenvalue weighted by atomic mass is 10.2. The summed E-state index contributed by atoms with van der Waals surface area (Å²) in [6, 6.07) is 0.218. The van der Waals surface area contributed by atoms with E-state index in [-0.39, 0.29) is 11.9 Å². The molecule has 1 unspecified atom stereocenters. The van der Waals surface area contributed by atoms with E-state index < -0.39 is 0 Å². The highest BCUT2D eigenvalue weighted by atomic mass is 16.2. The van der Waals surface area contributed by atoms with E-state index in [4.69, 9.17) is 5.73 Å². The number of amides is 1. The van der Waals surface area contributed by atoms with Crippen LogP contribution in [0.4, 0.5) is 0 Å². The van der Waals surface area contributed by atoms with Gasteiger partial charge in [-0.2, -0.15) is 0 Å². The highest BCUT2D eigenvalue weighted by Gasteiger charge is 2.20. The Bertz CT molecular complexity index is 159.